The van der Waals surface area contributed by atoms with Crippen LogP contribution in [-0.4, -0.2) is 51.9 Å². The van der Waals surface area contributed by atoms with Crippen LogP contribution in [0.15, 0.2) is 48.5 Å². The Morgan fingerprint density at radius 1 is 1.08 bits per heavy atom. The number of nitrogens with zero attached hydrogens (tertiary/aromatic N) is 4. The van der Waals surface area contributed by atoms with Gasteiger partial charge in [0.2, 0.25) is 5.91 Å². The number of fused-ring (bicyclic) bond motifs is 1. The zero-order valence-electron chi connectivity index (χ0n) is 20.6. The normalized spacial score (nSPS) is 17.9. The molecule has 9 nitrogen and oxygen atoms in total. The van der Waals surface area contributed by atoms with E-state index in [1.807, 2.05) is 24.3 Å². The minimum absolute atomic E-state index is 0.0227. The van der Waals surface area contributed by atoms with E-state index in [-0.39, 0.29) is 30.4 Å². The number of carbonyl (C=O) groups excluding carboxylic acids is 2. The van der Waals surface area contributed by atoms with E-state index in [1.165, 1.54) is 5.56 Å². The average molecular weight is 490 g/mol. The molecule has 1 saturated heterocycles. The summed E-state index contributed by atoms with van der Waals surface area (Å²) in [5.41, 5.74) is 4.35. The quantitative estimate of drug-likeness (QED) is 0.572. The van der Waals surface area contributed by atoms with Crippen LogP contribution in [0.3, 0.4) is 0 Å². The van der Waals surface area contributed by atoms with Gasteiger partial charge in [-0.05, 0) is 43.0 Å². The standard InChI is InChI=1S/C27H31N5O4/c1-18-3-7-20(8-4-18)24-16-32-23(17-36-24)25(29-30-32)27(34)31-13-11-21(12-14-31)26(33)28-15-19-5-9-22(35-2)10-6-19/h3-10,21,24H,11-17H2,1-2H3,(H,28,33)/t24-/m0/s1. The second-order valence-electron chi connectivity index (χ2n) is 9.41. The van der Waals surface area contributed by atoms with Crippen LogP contribution in [0.4, 0.5) is 0 Å². The molecule has 0 saturated carbocycles. The molecule has 2 amide bonds. The van der Waals surface area contributed by atoms with Crippen molar-refractivity contribution in [1.82, 2.24) is 25.2 Å². The van der Waals surface area contributed by atoms with E-state index in [0.29, 0.717) is 50.4 Å². The third kappa shape index (κ3) is 5.11. The first-order valence-electron chi connectivity index (χ1n) is 12.3. The summed E-state index contributed by atoms with van der Waals surface area (Å²) in [4.78, 5) is 27.6. The number of piperidine rings is 1. The molecular formula is C27H31N5O4. The SMILES string of the molecule is COc1ccc(CNC(=O)C2CCN(C(=O)c3nnn4c3CO[C@H](c3ccc(C)cc3)C4)CC2)cc1. The number of hydrogen-bond acceptors (Lipinski definition) is 6. The first-order chi connectivity index (χ1) is 17.5. The van der Waals surface area contributed by atoms with Crippen LogP contribution in [0.25, 0.3) is 0 Å². The van der Waals surface area contributed by atoms with E-state index >= 15 is 0 Å². The third-order valence-corrected chi connectivity index (χ3v) is 7.03. The number of methoxy groups -OCH3 is 1. The number of ether oxygens (including phenoxy) is 2. The van der Waals surface area contributed by atoms with E-state index in [0.717, 1.165) is 16.9 Å². The summed E-state index contributed by atoms with van der Waals surface area (Å²) < 4.78 is 13.0. The molecule has 1 N–H and O–H groups in total. The number of hydrogen-bond donors (Lipinski definition) is 1. The maximum atomic E-state index is 13.2. The molecule has 0 radical (unpaired) electrons. The van der Waals surface area contributed by atoms with Gasteiger partial charge in [0, 0.05) is 25.6 Å². The highest BCUT2D eigenvalue weighted by Gasteiger charge is 2.33. The Balaban J connectivity index is 1.14. The van der Waals surface area contributed by atoms with Crippen molar-refractivity contribution in [3.8, 4) is 5.75 Å². The van der Waals surface area contributed by atoms with Crippen LogP contribution in [0.5, 0.6) is 5.75 Å². The second kappa shape index (κ2) is 10.5. The molecule has 1 aromatic heterocycles. The number of likely N-dealkylation sites (tertiary alicyclic amines) is 1. The summed E-state index contributed by atoms with van der Waals surface area (Å²) in [6.45, 7) is 4.36. The van der Waals surface area contributed by atoms with Crippen molar-refractivity contribution in [2.75, 3.05) is 20.2 Å². The molecule has 3 aromatic rings. The fourth-order valence-electron chi connectivity index (χ4n) is 4.73. The number of carbonyl (C=O) groups is 2. The smallest absolute Gasteiger partial charge is 0.276 e. The van der Waals surface area contributed by atoms with E-state index in [4.69, 9.17) is 9.47 Å². The van der Waals surface area contributed by atoms with Crippen LogP contribution in [-0.2, 0) is 29.2 Å². The lowest BCUT2D eigenvalue weighted by atomic mass is 9.95. The van der Waals surface area contributed by atoms with Gasteiger partial charge < -0.3 is 19.7 Å². The Morgan fingerprint density at radius 3 is 2.50 bits per heavy atom. The molecule has 188 valence electrons. The van der Waals surface area contributed by atoms with E-state index in [1.54, 1.807) is 16.7 Å². The van der Waals surface area contributed by atoms with Gasteiger partial charge in [-0.3, -0.25) is 9.59 Å². The molecule has 2 aliphatic rings. The number of aromatic nitrogens is 3. The Labute approximate surface area is 210 Å². The summed E-state index contributed by atoms with van der Waals surface area (Å²) in [7, 11) is 1.63. The lowest BCUT2D eigenvalue weighted by molar-refractivity contribution is -0.126. The number of rotatable bonds is 6. The van der Waals surface area contributed by atoms with Crippen LogP contribution >= 0.6 is 0 Å². The Morgan fingerprint density at radius 2 is 1.81 bits per heavy atom. The van der Waals surface area contributed by atoms with Crippen LogP contribution in [0.1, 0.15) is 51.8 Å². The van der Waals surface area contributed by atoms with Gasteiger partial charge >= 0.3 is 0 Å². The predicted molar refractivity (Wildman–Crippen MR) is 132 cm³/mol. The molecule has 9 heteroatoms. The van der Waals surface area contributed by atoms with E-state index < -0.39 is 0 Å². The first kappa shape index (κ1) is 24.0. The largest absolute Gasteiger partial charge is 0.497 e. The van der Waals surface area contributed by atoms with Crippen molar-refractivity contribution in [3.63, 3.8) is 0 Å². The average Bonchev–Trinajstić information content (AvgIpc) is 3.35. The second-order valence-corrected chi connectivity index (χ2v) is 9.41. The van der Waals surface area contributed by atoms with Gasteiger partial charge in [-0.25, -0.2) is 4.68 Å². The summed E-state index contributed by atoms with van der Waals surface area (Å²) in [5, 5.41) is 11.5. The highest BCUT2D eigenvalue weighted by molar-refractivity contribution is 5.93. The highest BCUT2D eigenvalue weighted by Crippen LogP contribution is 2.28. The van der Waals surface area contributed by atoms with Crippen LogP contribution in [0, 0.1) is 12.8 Å². The first-order valence-corrected chi connectivity index (χ1v) is 12.3. The molecule has 0 bridgehead atoms. The fraction of sp³-hybridized carbons (Fsp3) is 0.407. The molecule has 3 heterocycles. The molecule has 2 aliphatic heterocycles. The van der Waals surface area contributed by atoms with Gasteiger partial charge in [-0.1, -0.05) is 47.2 Å². The minimum Gasteiger partial charge on any atom is -0.497 e. The number of amides is 2. The maximum absolute atomic E-state index is 13.2. The number of aryl methyl sites for hydroxylation is 1. The Hall–Kier alpha value is -3.72. The summed E-state index contributed by atoms with van der Waals surface area (Å²) in [5.74, 6) is 0.550. The third-order valence-electron chi connectivity index (χ3n) is 7.03. The predicted octanol–water partition coefficient (Wildman–Crippen LogP) is 3.04. The van der Waals surface area contributed by atoms with Gasteiger partial charge in [-0.2, -0.15) is 0 Å². The van der Waals surface area contributed by atoms with Crippen molar-refractivity contribution in [1.29, 1.82) is 0 Å². The molecule has 1 fully saturated rings. The lowest BCUT2D eigenvalue weighted by Gasteiger charge is -2.31. The van der Waals surface area contributed by atoms with Crippen molar-refractivity contribution in [2.45, 2.75) is 45.6 Å². The molecule has 0 aliphatic carbocycles. The highest BCUT2D eigenvalue weighted by atomic mass is 16.5. The molecule has 2 aromatic carbocycles. The van der Waals surface area contributed by atoms with Crippen LogP contribution < -0.4 is 10.1 Å². The van der Waals surface area contributed by atoms with Gasteiger partial charge in [0.25, 0.3) is 5.91 Å². The summed E-state index contributed by atoms with van der Waals surface area (Å²) in [6, 6.07) is 15.9. The zero-order valence-corrected chi connectivity index (χ0v) is 20.6. The number of nitrogens with one attached hydrogen (secondary N) is 1. The van der Waals surface area contributed by atoms with Gasteiger partial charge in [0.1, 0.15) is 11.9 Å². The molecule has 1 atom stereocenters. The maximum Gasteiger partial charge on any atom is 0.276 e. The van der Waals surface area contributed by atoms with Crippen molar-refractivity contribution < 1.29 is 19.1 Å². The molecule has 0 unspecified atom stereocenters. The van der Waals surface area contributed by atoms with Gasteiger partial charge in [0.15, 0.2) is 5.69 Å². The molecule has 36 heavy (non-hydrogen) atoms. The molecule has 0 spiro atoms. The Bertz CT molecular complexity index is 1210. The molecule has 5 rings (SSSR count). The van der Waals surface area contributed by atoms with Crippen molar-refractivity contribution in [3.05, 3.63) is 76.6 Å². The fourth-order valence-corrected chi connectivity index (χ4v) is 4.73. The summed E-state index contributed by atoms with van der Waals surface area (Å²) in [6.07, 6.45) is 1.13. The van der Waals surface area contributed by atoms with Crippen molar-refractivity contribution in [2.24, 2.45) is 5.92 Å². The van der Waals surface area contributed by atoms with Crippen LogP contribution in [0.2, 0.25) is 0 Å². The minimum atomic E-state index is -0.147. The topological polar surface area (TPSA) is 98.6 Å². The lowest BCUT2D eigenvalue weighted by Crippen LogP contribution is -2.43. The van der Waals surface area contributed by atoms with Crippen molar-refractivity contribution >= 4 is 11.8 Å². The summed E-state index contributed by atoms with van der Waals surface area (Å²) >= 11 is 0. The Kier molecular flexibility index (Phi) is 6.99. The molecular weight excluding hydrogens is 458 g/mol. The monoisotopic (exact) mass is 489 g/mol. The van der Waals surface area contributed by atoms with E-state index in [2.05, 4.69) is 46.8 Å². The van der Waals surface area contributed by atoms with Gasteiger partial charge in [0.05, 0.1) is 26.0 Å². The van der Waals surface area contributed by atoms with E-state index in [9.17, 15) is 9.59 Å². The van der Waals surface area contributed by atoms with Gasteiger partial charge in [-0.15, -0.1) is 5.10 Å². The zero-order chi connectivity index (χ0) is 25.1. The number of benzene rings is 2.